The fourth-order valence-electron chi connectivity index (χ4n) is 2.40. The Labute approximate surface area is 104 Å². The van der Waals surface area contributed by atoms with E-state index in [1.807, 2.05) is 24.3 Å². The zero-order valence-corrected chi connectivity index (χ0v) is 9.68. The van der Waals surface area contributed by atoms with Crippen LogP contribution >= 0.6 is 0 Å². The number of anilines is 1. The average molecular weight is 244 g/mol. The molecule has 0 amide bonds. The predicted molar refractivity (Wildman–Crippen MR) is 66.7 cm³/mol. The molecule has 0 spiro atoms. The van der Waals surface area contributed by atoms with Crippen LogP contribution in [0.5, 0.6) is 0 Å². The first-order chi connectivity index (χ1) is 8.74. The molecule has 92 valence electrons. The molecule has 0 fully saturated rings. The van der Waals surface area contributed by atoms with E-state index in [0.29, 0.717) is 12.2 Å². The van der Waals surface area contributed by atoms with Crippen molar-refractivity contribution in [3.8, 4) is 0 Å². The highest BCUT2D eigenvalue weighted by Gasteiger charge is 2.30. The summed E-state index contributed by atoms with van der Waals surface area (Å²) >= 11 is 0. The number of nitrogens with zero attached hydrogens (tertiary/aromatic N) is 1. The number of rotatable bonds is 2. The Morgan fingerprint density at radius 3 is 2.83 bits per heavy atom. The second-order valence-corrected chi connectivity index (χ2v) is 4.44. The van der Waals surface area contributed by atoms with Gasteiger partial charge in [-0.1, -0.05) is 30.3 Å². The summed E-state index contributed by atoms with van der Waals surface area (Å²) in [7, 11) is 0. The topological polar surface area (TPSA) is 45.1 Å². The molecule has 2 atom stereocenters. The zero-order valence-electron chi connectivity index (χ0n) is 9.68. The molecule has 0 saturated heterocycles. The zero-order chi connectivity index (χ0) is 12.5. The van der Waals surface area contributed by atoms with Gasteiger partial charge in [0.05, 0.1) is 12.1 Å². The van der Waals surface area contributed by atoms with Crippen LogP contribution in [-0.4, -0.2) is 16.2 Å². The Morgan fingerprint density at radius 2 is 2.00 bits per heavy atom. The highest BCUT2D eigenvalue weighted by molar-refractivity contribution is 5.44. The molecule has 1 aliphatic carbocycles. The number of aliphatic hydroxyl groups is 1. The lowest BCUT2D eigenvalue weighted by molar-refractivity contribution is 0.165. The third-order valence-electron chi connectivity index (χ3n) is 3.22. The van der Waals surface area contributed by atoms with Gasteiger partial charge in [-0.25, -0.2) is 4.98 Å². The van der Waals surface area contributed by atoms with E-state index in [1.165, 1.54) is 6.07 Å². The van der Waals surface area contributed by atoms with Gasteiger partial charge < -0.3 is 10.4 Å². The van der Waals surface area contributed by atoms with Crippen LogP contribution in [0.2, 0.25) is 0 Å². The first-order valence-electron chi connectivity index (χ1n) is 5.89. The lowest BCUT2D eigenvalue weighted by atomic mass is 10.1. The molecule has 1 heterocycles. The van der Waals surface area contributed by atoms with Gasteiger partial charge in [0, 0.05) is 6.42 Å². The average Bonchev–Trinajstić information content (AvgIpc) is 2.66. The SMILES string of the molecule is O[C@@H]1Cc2ccccc2[C@@H]1Nc1cccc(F)n1. The summed E-state index contributed by atoms with van der Waals surface area (Å²) in [5.74, 6) is -0.0866. The molecule has 2 N–H and O–H groups in total. The van der Waals surface area contributed by atoms with E-state index >= 15 is 0 Å². The molecular formula is C14H13FN2O. The van der Waals surface area contributed by atoms with E-state index in [9.17, 15) is 9.50 Å². The molecule has 3 nitrogen and oxygen atoms in total. The summed E-state index contributed by atoms with van der Waals surface area (Å²) in [5, 5.41) is 13.1. The summed E-state index contributed by atoms with van der Waals surface area (Å²) < 4.78 is 13.0. The lowest BCUT2D eigenvalue weighted by Gasteiger charge is -2.18. The number of aliphatic hydroxyl groups excluding tert-OH is 1. The molecule has 0 radical (unpaired) electrons. The van der Waals surface area contributed by atoms with Gasteiger partial charge in [0.15, 0.2) is 0 Å². The van der Waals surface area contributed by atoms with Gasteiger partial charge in [0.2, 0.25) is 5.95 Å². The second kappa shape index (κ2) is 4.38. The van der Waals surface area contributed by atoms with Crippen molar-refractivity contribution in [3.63, 3.8) is 0 Å². The van der Waals surface area contributed by atoms with Crippen LogP contribution < -0.4 is 5.32 Å². The Kier molecular flexibility index (Phi) is 2.72. The smallest absolute Gasteiger partial charge is 0.214 e. The molecule has 1 aliphatic rings. The van der Waals surface area contributed by atoms with E-state index in [-0.39, 0.29) is 6.04 Å². The number of hydrogen-bond acceptors (Lipinski definition) is 3. The highest BCUT2D eigenvalue weighted by atomic mass is 19.1. The van der Waals surface area contributed by atoms with Gasteiger partial charge in [-0.05, 0) is 23.3 Å². The van der Waals surface area contributed by atoms with Crippen molar-refractivity contribution in [3.05, 3.63) is 59.5 Å². The van der Waals surface area contributed by atoms with Crippen molar-refractivity contribution in [2.45, 2.75) is 18.6 Å². The first kappa shape index (κ1) is 11.2. The van der Waals surface area contributed by atoms with Crippen molar-refractivity contribution in [1.29, 1.82) is 0 Å². The molecular weight excluding hydrogens is 231 g/mol. The van der Waals surface area contributed by atoms with Crippen LogP contribution in [0.1, 0.15) is 17.2 Å². The third kappa shape index (κ3) is 1.95. The summed E-state index contributed by atoms with van der Waals surface area (Å²) in [6.45, 7) is 0. The maximum absolute atomic E-state index is 13.0. The quantitative estimate of drug-likeness (QED) is 0.797. The molecule has 3 rings (SSSR count). The van der Waals surface area contributed by atoms with E-state index < -0.39 is 12.1 Å². The van der Waals surface area contributed by atoms with Crippen LogP contribution in [-0.2, 0) is 6.42 Å². The number of aromatic nitrogens is 1. The minimum Gasteiger partial charge on any atom is -0.390 e. The van der Waals surface area contributed by atoms with Crippen molar-refractivity contribution in [2.75, 3.05) is 5.32 Å². The molecule has 1 aromatic heterocycles. The Morgan fingerprint density at radius 1 is 1.17 bits per heavy atom. The standard InChI is InChI=1S/C14H13FN2O/c15-12-6-3-7-13(16-12)17-14-10-5-2-1-4-9(10)8-11(14)18/h1-7,11,14,18H,8H2,(H,16,17)/t11-,14+/m1/s1. The highest BCUT2D eigenvalue weighted by Crippen LogP contribution is 2.33. The molecule has 2 aromatic rings. The number of hydrogen-bond donors (Lipinski definition) is 2. The van der Waals surface area contributed by atoms with Gasteiger partial charge in [-0.3, -0.25) is 0 Å². The Balaban J connectivity index is 1.89. The van der Waals surface area contributed by atoms with E-state index in [4.69, 9.17) is 0 Å². The monoisotopic (exact) mass is 244 g/mol. The largest absolute Gasteiger partial charge is 0.390 e. The predicted octanol–water partition coefficient (Wildman–Crippen LogP) is 2.29. The maximum Gasteiger partial charge on any atom is 0.214 e. The van der Waals surface area contributed by atoms with Crippen LogP contribution in [0, 0.1) is 5.95 Å². The van der Waals surface area contributed by atoms with Gasteiger partial charge in [-0.2, -0.15) is 4.39 Å². The second-order valence-electron chi connectivity index (χ2n) is 4.44. The third-order valence-corrected chi connectivity index (χ3v) is 3.22. The van der Waals surface area contributed by atoms with Crippen LogP contribution in [0.15, 0.2) is 42.5 Å². The van der Waals surface area contributed by atoms with E-state index in [0.717, 1.165) is 11.1 Å². The van der Waals surface area contributed by atoms with Gasteiger partial charge in [0.1, 0.15) is 5.82 Å². The summed E-state index contributed by atoms with van der Waals surface area (Å²) in [4.78, 5) is 3.76. The number of pyridine rings is 1. The normalized spacial score (nSPS) is 21.7. The summed E-state index contributed by atoms with van der Waals surface area (Å²) in [6, 6.07) is 12.2. The number of benzene rings is 1. The number of fused-ring (bicyclic) bond motifs is 1. The van der Waals surface area contributed by atoms with E-state index in [2.05, 4.69) is 10.3 Å². The Hall–Kier alpha value is -1.94. The molecule has 0 saturated carbocycles. The van der Waals surface area contributed by atoms with Gasteiger partial charge in [-0.15, -0.1) is 0 Å². The van der Waals surface area contributed by atoms with Gasteiger partial charge >= 0.3 is 0 Å². The van der Waals surface area contributed by atoms with Crippen molar-refractivity contribution in [1.82, 2.24) is 4.98 Å². The molecule has 0 aliphatic heterocycles. The maximum atomic E-state index is 13.0. The lowest BCUT2D eigenvalue weighted by Crippen LogP contribution is -2.21. The fourth-order valence-corrected chi connectivity index (χ4v) is 2.40. The van der Waals surface area contributed by atoms with Gasteiger partial charge in [0.25, 0.3) is 0 Å². The summed E-state index contributed by atoms with van der Waals surface area (Å²) in [5.41, 5.74) is 2.18. The first-order valence-corrected chi connectivity index (χ1v) is 5.89. The Bertz CT molecular complexity index is 573. The van der Waals surface area contributed by atoms with Crippen molar-refractivity contribution >= 4 is 5.82 Å². The molecule has 0 unspecified atom stereocenters. The van der Waals surface area contributed by atoms with Crippen molar-refractivity contribution < 1.29 is 9.50 Å². The van der Waals surface area contributed by atoms with E-state index in [1.54, 1.807) is 12.1 Å². The number of nitrogens with one attached hydrogen (secondary N) is 1. The minimum absolute atomic E-state index is 0.226. The molecule has 1 aromatic carbocycles. The minimum atomic E-state index is -0.527. The van der Waals surface area contributed by atoms with Crippen LogP contribution in [0.25, 0.3) is 0 Å². The fraction of sp³-hybridized carbons (Fsp3) is 0.214. The molecule has 0 bridgehead atoms. The van der Waals surface area contributed by atoms with Crippen LogP contribution in [0.3, 0.4) is 0 Å². The summed E-state index contributed by atoms with van der Waals surface area (Å²) in [6.07, 6.45) is 0.107. The van der Waals surface area contributed by atoms with Crippen LogP contribution in [0.4, 0.5) is 10.2 Å². The molecule has 18 heavy (non-hydrogen) atoms. The molecule has 4 heteroatoms. The number of halogens is 1. The van der Waals surface area contributed by atoms with Crippen molar-refractivity contribution in [2.24, 2.45) is 0 Å².